The van der Waals surface area contributed by atoms with Gasteiger partial charge in [-0.15, -0.1) is 0 Å². The summed E-state index contributed by atoms with van der Waals surface area (Å²) in [5.74, 6) is -0.854. The van der Waals surface area contributed by atoms with Crippen molar-refractivity contribution in [2.24, 2.45) is 0 Å². The fourth-order valence-corrected chi connectivity index (χ4v) is 4.71. The van der Waals surface area contributed by atoms with Gasteiger partial charge in [0.2, 0.25) is 21.8 Å². The summed E-state index contributed by atoms with van der Waals surface area (Å²) in [6, 6.07) is 12.8. The van der Waals surface area contributed by atoms with Crippen LogP contribution in [0.5, 0.6) is 0 Å². The Morgan fingerprint density at radius 2 is 1.68 bits per heavy atom. The third kappa shape index (κ3) is 7.89. The molecule has 0 aliphatic heterocycles. The molecular formula is C24H31Cl2N3O4S. The van der Waals surface area contributed by atoms with E-state index in [1.807, 2.05) is 51.1 Å². The van der Waals surface area contributed by atoms with Gasteiger partial charge in [0.15, 0.2) is 0 Å². The molecule has 0 unspecified atom stereocenters. The van der Waals surface area contributed by atoms with Crippen LogP contribution in [0.1, 0.15) is 39.7 Å². The number of hydrogen-bond acceptors (Lipinski definition) is 4. The van der Waals surface area contributed by atoms with E-state index in [0.29, 0.717) is 6.42 Å². The molecule has 0 fully saturated rings. The minimum atomic E-state index is -3.90. The van der Waals surface area contributed by atoms with Crippen LogP contribution >= 0.6 is 23.2 Å². The van der Waals surface area contributed by atoms with Crippen molar-refractivity contribution < 1.29 is 18.0 Å². The third-order valence-corrected chi connectivity index (χ3v) is 6.62. The Labute approximate surface area is 212 Å². The van der Waals surface area contributed by atoms with Crippen LogP contribution in [-0.4, -0.2) is 49.5 Å². The van der Waals surface area contributed by atoms with Crippen molar-refractivity contribution in [2.45, 2.75) is 52.2 Å². The maximum absolute atomic E-state index is 13.6. The fraction of sp³-hybridized carbons (Fsp3) is 0.417. The van der Waals surface area contributed by atoms with Crippen molar-refractivity contribution >= 4 is 50.7 Å². The summed E-state index contributed by atoms with van der Waals surface area (Å²) < 4.78 is 26.2. The second-order valence-electron chi connectivity index (χ2n) is 9.04. The van der Waals surface area contributed by atoms with Crippen molar-refractivity contribution in [3.8, 4) is 0 Å². The van der Waals surface area contributed by atoms with Crippen molar-refractivity contribution in [3.05, 3.63) is 64.1 Å². The Morgan fingerprint density at radius 1 is 1.06 bits per heavy atom. The summed E-state index contributed by atoms with van der Waals surface area (Å²) >= 11 is 12.3. The molecule has 2 rings (SSSR count). The molecule has 0 saturated heterocycles. The first-order valence-corrected chi connectivity index (χ1v) is 13.4. The molecule has 186 valence electrons. The van der Waals surface area contributed by atoms with Crippen molar-refractivity contribution in [1.29, 1.82) is 0 Å². The quantitative estimate of drug-likeness (QED) is 0.520. The Hall–Kier alpha value is -2.29. The lowest BCUT2D eigenvalue weighted by Crippen LogP contribution is -2.55. The zero-order chi connectivity index (χ0) is 25.7. The monoisotopic (exact) mass is 527 g/mol. The second kappa shape index (κ2) is 11.4. The van der Waals surface area contributed by atoms with Crippen LogP contribution in [0.3, 0.4) is 0 Å². The van der Waals surface area contributed by atoms with E-state index in [-0.39, 0.29) is 28.2 Å². The van der Waals surface area contributed by atoms with Crippen LogP contribution < -0.4 is 9.62 Å². The topological polar surface area (TPSA) is 86.8 Å². The van der Waals surface area contributed by atoms with E-state index in [1.165, 1.54) is 23.1 Å². The molecule has 2 aromatic rings. The molecule has 0 bridgehead atoms. The van der Waals surface area contributed by atoms with Gasteiger partial charge >= 0.3 is 0 Å². The largest absolute Gasteiger partial charge is 0.350 e. The second-order valence-corrected chi connectivity index (χ2v) is 11.8. The maximum Gasteiger partial charge on any atom is 0.244 e. The molecule has 0 radical (unpaired) electrons. The highest BCUT2D eigenvalue weighted by Gasteiger charge is 2.33. The fourth-order valence-electron chi connectivity index (χ4n) is 3.42. The predicted octanol–water partition coefficient (Wildman–Crippen LogP) is 4.48. The molecule has 1 atom stereocenters. The molecule has 34 heavy (non-hydrogen) atoms. The number of nitrogens with zero attached hydrogens (tertiary/aromatic N) is 2. The number of amides is 2. The minimum Gasteiger partial charge on any atom is -0.350 e. The molecule has 7 nitrogen and oxygen atoms in total. The number of anilines is 1. The lowest BCUT2D eigenvalue weighted by atomic mass is 10.1. The molecule has 0 saturated carbocycles. The van der Waals surface area contributed by atoms with Crippen LogP contribution in [0.25, 0.3) is 0 Å². The summed E-state index contributed by atoms with van der Waals surface area (Å²) in [6.45, 7) is 6.97. The average molecular weight is 529 g/mol. The molecule has 0 heterocycles. The SMILES string of the molecule is CC[C@H](C(=O)NC(C)(C)C)N(Cc1ccccc1)C(=O)CN(c1cc(Cl)ccc1Cl)S(C)(=O)=O. The molecule has 0 aliphatic carbocycles. The van der Waals surface area contributed by atoms with E-state index in [4.69, 9.17) is 23.2 Å². The van der Waals surface area contributed by atoms with Crippen molar-refractivity contribution in [1.82, 2.24) is 10.2 Å². The smallest absolute Gasteiger partial charge is 0.244 e. The summed E-state index contributed by atoms with van der Waals surface area (Å²) in [7, 11) is -3.90. The third-order valence-electron chi connectivity index (χ3n) is 4.94. The standard InChI is InChI=1S/C24H31Cl2N3O4S/c1-6-20(23(31)27-24(2,3)4)28(15-17-10-8-7-9-11-17)22(30)16-29(34(5,32)33)21-14-18(25)12-13-19(21)26/h7-14,20H,6,15-16H2,1-5H3,(H,27,31)/t20-/m1/s1. The van der Waals surface area contributed by atoms with Gasteiger partial charge < -0.3 is 10.2 Å². The van der Waals surface area contributed by atoms with Gasteiger partial charge in [0.1, 0.15) is 12.6 Å². The molecule has 10 heteroatoms. The summed E-state index contributed by atoms with van der Waals surface area (Å²) in [6.07, 6.45) is 1.33. The summed E-state index contributed by atoms with van der Waals surface area (Å²) in [5, 5.41) is 3.33. The van der Waals surface area contributed by atoms with E-state index in [9.17, 15) is 18.0 Å². The molecule has 0 aromatic heterocycles. The number of rotatable bonds is 9. The molecule has 0 spiro atoms. The number of nitrogens with one attached hydrogen (secondary N) is 1. The molecule has 2 amide bonds. The van der Waals surface area contributed by atoms with Crippen molar-refractivity contribution in [2.75, 3.05) is 17.1 Å². The highest BCUT2D eigenvalue weighted by atomic mass is 35.5. The van der Waals surface area contributed by atoms with Gasteiger partial charge in [-0.1, -0.05) is 60.5 Å². The normalized spacial score (nSPS) is 12.7. The number of halogens is 2. The van der Waals surface area contributed by atoms with Crippen LogP contribution in [0, 0.1) is 0 Å². The zero-order valence-electron chi connectivity index (χ0n) is 20.0. The number of carbonyl (C=O) groups is 2. The van der Waals surface area contributed by atoms with Gasteiger partial charge in [-0.05, 0) is 51.0 Å². The summed E-state index contributed by atoms with van der Waals surface area (Å²) in [5.41, 5.74) is 0.403. The van der Waals surface area contributed by atoms with E-state index in [1.54, 1.807) is 6.92 Å². The zero-order valence-corrected chi connectivity index (χ0v) is 22.3. The highest BCUT2D eigenvalue weighted by molar-refractivity contribution is 7.92. The lowest BCUT2D eigenvalue weighted by Gasteiger charge is -2.34. The Balaban J connectivity index is 2.48. The van der Waals surface area contributed by atoms with Crippen LogP contribution in [0.2, 0.25) is 10.0 Å². The average Bonchev–Trinajstić information content (AvgIpc) is 2.72. The lowest BCUT2D eigenvalue weighted by molar-refractivity contribution is -0.141. The van der Waals surface area contributed by atoms with E-state index < -0.39 is 34.1 Å². The number of benzene rings is 2. The van der Waals surface area contributed by atoms with Crippen LogP contribution in [-0.2, 0) is 26.2 Å². The minimum absolute atomic E-state index is 0.0943. The first-order valence-electron chi connectivity index (χ1n) is 10.8. The van der Waals surface area contributed by atoms with Gasteiger partial charge in [-0.3, -0.25) is 13.9 Å². The first kappa shape index (κ1) is 28.0. The molecular weight excluding hydrogens is 497 g/mol. The summed E-state index contributed by atoms with van der Waals surface area (Å²) in [4.78, 5) is 28.1. The first-order chi connectivity index (χ1) is 15.7. The molecule has 0 aliphatic rings. The Morgan fingerprint density at radius 3 is 2.21 bits per heavy atom. The Bertz CT molecular complexity index is 1120. The van der Waals surface area contributed by atoms with Crippen LogP contribution in [0.15, 0.2) is 48.5 Å². The van der Waals surface area contributed by atoms with Gasteiger partial charge in [-0.25, -0.2) is 8.42 Å². The maximum atomic E-state index is 13.6. The number of carbonyl (C=O) groups excluding carboxylic acids is 2. The van der Waals surface area contributed by atoms with E-state index in [2.05, 4.69) is 5.32 Å². The molecule has 1 N–H and O–H groups in total. The van der Waals surface area contributed by atoms with Gasteiger partial charge in [0.05, 0.1) is 17.0 Å². The van der Waals surface area contributed by atoms with Crippen LogP contribution in [0.4, 0.5) is 5.69 Å². The van der Waals surface area contributed by atoms with Crippen molar-refractivity contribution in [3.63, 3.8) is 0 Å². The highest BCUT2D eigenvalue weighted by Crippen LogP contribution is 2.31. The Kier molecular flexibility index (Phi) is 9.39. The van der Waals surface area contributed by atoms with Gasteiger partial charge in [-0.2, -0.15) is 0 Å². The predicted molar refractivity (Wildman–Crippen MR) is 138 cm³/mol. The van der Waals surface area contributed by atoms with Gasteiger partial charge in [0.25, 0.3) is 0 Å². The van der Waals surface area contributed by atoms with E-state index in [0.717, 1.165) is 16.1 Å². The number of hydrogen-bond donors (Lipinski definition) is 1. The van der Waals surface area contributed by atoms with E-state index >= 15 is 0 Å². The van der Waals surface area contributed by atoms with Gasteiger partial charge in [0, 0.05) is 17.1 Å². The molecule has 2 aromatic carbocycles. The number of sulfonamides is 1.